The van der Waals surface area contributed by atoms with Crippen LogP contribution in [0.5, 0.6) is 0 Å². The molecule has 5 heteroatoms. The molecule has 74 valence electrons. The van der Waals surface area contributed by atoms with Crippen LogP contribution < -0.4 is 5.32 Å². The van der Waals surface area contributed by atoms with Gasteiger partial charge < -0.3 is 5.32 Å². The number of nitrogens with zero attached hydrogens (tertiary/aromatic N) is 1. The van der Waals surface area contributed by atoms with Crippen molar-refractivity contribution >= 4 is 10.0 Å². The maximum Gasteiger partial charge on any atom is 0.218 e. The molecule has 4 nitrogen and oxygen atoms in total. The van der Waals surface area contributed by atoms with Crippen molar-refractivity contribution in [2.75, 3.05) is 26.2 Å². The SMILES string of the molecule is O=S(=O)(C1CCNC1)N1CC=CC1. The van der Waals surface area contributed by atoms with Crippen LogP contribution in [0.4, 0.5) is 0 Å². The van der Waals surface area contributed by atoms with Crippen LogP contribution in [0.1, 0.15) is 6.42 Å². The highest BCUT2D eigenvalue weighted by Crippen LogP contribution is 2.17. The third-order valence-corrected chi connectivity index (χ3v) is 4.84. The zero-order chi connectivity index (χ0) is 9.31. The predicted octanol–water partition coefficient (Wildman–Crippen LogP) is -0.450. The molecule has 2 rings (SSSR count). The minimum Gasteiger partial charge on any atom is -0.315 e. The average Bonchev–Trinajstić information content (AvgIpc) is 2.78. The molecule has 13 heavy (non-hydrogen) atoms. The Kier molecular flexibility index (Phi) is 2.40. The molecule has 0 aromatic heterocycles. The summed E-state index contributed by atoms with van der Waals surface area (Å²) in [6, 6.07) is 0. The number of sulfonamides is 1. The number of nitrogens with one attached hydrogen (secondary N) is 1. The van der Waals surface area contributed by atoms with E-state index in [-0.39, 0.29) is 5.25 Å². The van der Waals surface area contributed by atoms with E-state index in [1.165, 1.54) is 0 Å². The highest BCUT2D eigenvalue weighted by atomic mass is 32.2. The third kappa shape index (κ3) is 1.63. The van der Waals surface area contributed by atoms with Crippen LogP contribution in [0, 0.1) is 0 Å². The summed E-state index contributed by atoms with van der Waals surface area (Å²) in [5.74, 6) is 0. The van der Waals surface area contributed by atoms with Gasteiger partial charge in [-0.25, -0.2) is 8.42 Å². The van der Waals surface area contributed by atoms with Crippen LogP contribution in [0.3, 0.4) is 0 Å². The van der Waals surface area contributed by atoms with E-state index in [4.69, 9.17) is 0 Å². The van der Waals surface area contributed by atoms with Crippen molar-refractivity contribution in [1.29, 1.82) is 0 Å². The maximum absolute atomic E-state index is 11.9. The molecule has 1 N–H and O–H groups in total. The summed E-state index contributed by atoms with van der Waals surface area (Å²) in [7, 11) is -3.03. The van der Waals surface area contributed by atoms with Crippen molar-refractivity contribution in [3.63, 3.8) is 0 Å². The van der Waals surface area contributed by atoms with Gasteiger partial charge >= 0.3 is 0 Å². The summed E-state index contributed by atoms with van der Waals surface area (Å²) >= 11 is 0. The first-order valence-electron chi connectivity index (χ1n) is 4.56. The first-order chi connectivity index (χ1) is 6.21. The molecule has 0 saturated carbocycles. The van der Waals surface area contributed by atoms with E-state index >= 15 is 0 Å². The molecule has 1 fully saturated rings. The molecule has 0 radical (unpaired) electrons. The van der Waals surface area contributed by atoms with Crippen molar-refractivity contribution < 1.29 is 8.42 Å². The van der Waals surface area contributed by atoms with E-state index in [2.05, 4.69) is 5.32 Å². The smallest absolute Gasteiger partial charge is 0.218 e. The van der Waals surface area contributed by atoms with Gasteiger partial charge in [-0.05, 0) is 13.0 Å². The molecule has 2 aliphatic rings. The monoisotopic (exact) mass is 202 g/mol. The summed E-state index contributed by atoms with van der Waals surface area (Å²) in [6.45, 7) is 2.54. The zero-order valence-electron chi connectivity index (χ0n) is 7.44. The summed E-state index contributed by atoms with van der Waals surface area (Å²) in [5, 5.41) is 2.87. The Labute approximate surface area is 78.7 Å². The number of hydrogen-bond donors (Lipinski definition) is 1. The molecular weight excluding hydrogens is 188 g/mol. The topological polar surface area (TPSA) is 49.4 Å². The Morgan fingerprint density at radius 1 is 1.31 bits per heavy atom. The Balaban J connectivity index is 2.10. The molecule has 0 aromatic rings. The Bertz CT molecular complexity index is 288. The van der Waals surface area contributed by atoms with Gasteiger partial charge in [0.1, 0.15) is 0 Å². The van der Waals surface area contributed by atoms with Crippen molar-refractivity contribution in [3.8, 4) is 0 Å². The Morgan fingerprint density at radius 2 is 2.00 bits per heavy atom. The van der Waals surface area contributed by atoms with Crippen LogP contribution in [0.2, 0.25) is 0 Å². The van der Waals surface area contributed by atoms with Crippen LogP contribution >= 0.6 is 0 Å². The highest BCUT2D eigenvalue weighted by Gasteiger charge is 2.33. The van der Waals surface area contributed by atoms with Gasteiger partial charge in [0.25, 0.3) is 0 Å². The molecule has 1 atom stereocenters. The normalized spacial score (nSPS) is 30.0. The van der Waals surface area contributed by atoms with Gasteiger partial charge in [-0.3, -0.25) is 0 Å². The third-order valence-electron chi connectivity index (χ3n) is 2.58. The van der Waals surface area contributed by atoms with E-state index in [1.807, 2.05) is 12.2 Å². The van der Waals surface area contributed by atoms with Gasteiger partial charge in [0, 0.05) is 19.6 Å². The quantitative estimate of drug-likeness (QED) is 0.617. The fraction of sp³-hybridized carbons (Fsp3) is 0.750. The molecule has 0 aliphatic carbocycles. The van der Waals surface area contributed by atoms with Crippen LogP contribution in [0.25, 0.3) is 0 Å². The largest absolute Gasteiger partial charge is 0.315 e. The van der Waals surface area contributed by atoms with Crippen molar-refractivity contribution in [1.82, 2.24) is 9.62 Å². The number of rotatable bonds is 2. The molecule has 0 bridgehead atoms. The highest BCUT2D eigenvalue weighted by molar-refractivity contribution is 7.89. The van der Waals surface area contributed by atoms with Crippen molar-refractivity contribution in [3.05, 3.63) is 12.2 Å². The predicted molar refractivity (Wildman–Crippen MR) is 50.9 cm³/mol. The van der Waals surface area contributed by atoms with E-state index in [9.17, 15) is 8.42 Å². The average molecular weight is 202 g/mol. The molecule has 0 aromatic carbocycles. The second-order valence-corrected chi connectivity index (χ2v) is 5.66. The second-order valence-electron chi connectivity index (χ2n) is 3.45. The van der Waals surface area contributed by atoms with Gasteiger partial charge in [-0.1, -0.05) is 12.2 Å². The lowest BCUT2D eigenvalue weighted by atomic mass is 10.4. The van der Waals surface area contributed by atoms with Crippen LogP contribution in [0.15, 0.2) is 12.2 Å². The maximum atomic E-state index is 11.9. The molecule has 2 heterocycles. The molecule has 1 unspecified atom stereocenters. The fourth-order valence-corrected chi connectivity index (χ4v) is 3.51. The molecular formula is C8H14N2O2S. The molecule has 2 aliphatic heterocycles. The van der Waals surface area contributed by atoms with E-state index in [1.54, 1.807) is 4.31 Å². The molecule has 0 spiro atoms. The summed E-state index contributed by atoms with van der Waals surface area (Å²) in [4.78, 5) is 0. The van der Waals surface area contributed by atoms with Gasteiger partial charge in [0.2, 0.25) is 10.0 Å². The lowest BCUT2D eigenvalue weighted by Gasteiger charge is -2.19. The first-order valence-corrected chi connectivity index (χ1v) is 6.06. The van der Waals surface area contributed by atoms with Crippen LogP contribution in [-0.2, 0) is 10.0 Å². The van der Waals surface area contributed by atoms with Gasteiger partial charge in [-0.15, -0.1) is 0 Å². The van der Waals surface area contributed by atoms with E-state index in [0.29, 0.717) is 19.6 Å². The van der Waals surface area contributed by atoms with E-state index in [0.717, 1.165) is 13.0 Å². The number of hydrogen-bond acceptors (Lipinski definition) is 3. The summed E-state index contributed by atoms with van der Waals surface area (Å²) in [5.41, 5.74) is 0. The first kappa shape index (κ1) is 9.18. The molecule has 1 saturated heterocycles. The van der Waals surface area contributed by atoms with Gasteiger partial charge in [0.05, 0.1) is 5.25 Å². The van der Waals surface area contributed by atoms with Crippen molar-refractivity contribution in [2.24, 2.45) is 0 Å². The summed E-state index contributed by atoms with van der Waals surface area (Å²) in [6.07, 6.45) is 4.55. The van der Waals surface area contributed by atoms with Crippen molar-refractivity contribution in [2.45, 2.75) is 11.7 Å². The van der Waals surface area contributed by atoms with Gasteiger partial charge in [0.15, 0.2) is 0 Å². The standard InChI is InChI=1S/C8H14N2O2S/c11-13(12,8-3-4-9-7-8)10-5-1-2-6-10/h1-2,8-9H,3-7H2. The Hall–Kier alpha value is -0.390. The zero-order valence-corrected chi connectivity index (χ0v) is 8.26. The van der Waals surface area contributed by atoms with Gasteiger partial charge in [-0.2, -0.15) is 4.31 Å². The Morgan fingerprint density at radius 3 is 2.54 bits per heavy atom. The second kappa shape index (κ2) is 3.40. The lowest BCUT2D eigenvalue weighted by molar-refractivity contribution is 0.477. The van der Waals surface area contributed by atoms with Crippen LogP contribution in [-0.4, -0.2) is 44.2 Å². The molecule has 0 amide bonds. The van der Waals surface area contributed by atoms with E-state index < -0.39 is 10.0 Å². The fourth-order valence-electron chi connectivity index (χ4n) is 1.76. The summed E-state index contributed by atoms with van der Waals surface area (Å²) < 4.78 is 25.3. The minimum atomic E-state index is -3.03. The minimum absolute atomic E-state index is 0.201. The lowest BCUT2D eigenvalue weighted by Crippen LogP contribution is -2.38.